The topological polar surface area (TPSA) is 36.7 Å². The van der Waals surface area contributed by atoms with Gasteiger partial charge in [0.15, 0.2) is 0 Å². The normalized spacial score (nSPS) is 16.7. The standard InChI is InChI=1S/C32H37BrN2/c1-3-5-8-14-27-29(15-9-6-4-2)35-31-28(30(27)25-12-10-7-11-13-25)20-21-32(31,23-34)22-24-16-18-26(33)19-17-24/h7,10-13,16-19H,3-6,8-9,14-15,20-22H2,1-2H3. The number of aromatic nitrogens is 1. The molecule has 0 aliphatic heterocycles. The van der Waals surface area contributed by atoms with Crippen LogP contribution < -0.4 is 0 Å². The molecule has 182 valence electrons. The van der Waals surface area contributed by atoms with Crippen LogP contribution in [-0.4, -0.2) is 4.98 Å². The van der Waals surface area contributed by atoms with Crippen LogP contribution in [0.2, 0.25) is 0 Å². The molecule has 1 aromatic heterocycles. The van der Waals surface area contributed by atoms with Crippen molar-refractivity contribution < 1.29 is 0 Å². The first-order chi connectivity index (χ1) is 17.1. The number of unbranched alkanes of at least 4 members (excludes halogenated alkanes) is 4. The molecule has 0 spiro atoms. The van der Waals surface area contributed by atoms with Crippen LogP contribution in [0.15, 0.2) is 59.1 Å². The van der Waals surface area contributed by atoms with E-state index in [1.54, 1.807) is 0 Å². The highest BCUT2D eigenvalue weighted by Gasteiger charge is 2.43. The van der Waals surface area contributed by atoms with Crippen molar-refractivity contribution in [3.63, 3.8) is 0 Å². The lowest BCUT2D eigenvalue weighted by molar-refractivity contribution is 0.526. The van der Waals surface area contributed by atoms with E-state index in [0.717, 1.165) is 42.3 Å². The van der Waals surface area contributed by atoms with Crippen LogP contribution in [-0.2, 0) is 31.1 Å². The molecule has 4 rings (SSSR count). The Balaban J connectivity index is 1.87. The minimum atomic E-state index is -0.561. The van der Waals surface area contributed by atoms with Crippen molar-refractivity contribution in [1.82, 2.24) is 4.98 Å². The molecule has 1 aliphatic carbocycles. The van der Waals surface area contributed by atoms with Crippen LogP contribution in [0.5, 0.6) is 0 Å². The first kappa shape index (κ1) is 25.6. The van der Waals surface area contributed by atoms with Gasteiger partial charge in [-0.25, -0.2) is 0 Å². The molecular formula is C32H37BrN2. The highest BCUT2D eigenvalue weighted by Crippen LogP contribution is 2.46. The lowest BCUT2D eigenvalue weighted by atomic mass is 9.79. The minimum Gasteiger partial charge on any atom is -0.256 e. The lowest BCUT2D eigenvalue weighted by Gasteiger charge is -2.25. The van der Waals surface area contributed by atoms with Gasteiger partial charge >= 0.3 is 0 Å². The summed E-state index contributed by atoms with van der Waals surface area (Å²) in [7, 11) is 0. The quantitative estimate of drug-likeness (QED) is 0.233. The van der Waals surface area contributed by atoms with Gasteiger partial charge in [-0.2, -0.15) is 5.26 Å². The summed E-state index contributed by atoms with van der Waals surface area (Å²) in [6, 6.07) is 22.1. The van der Waals surface area contributed by atoms with Crippen molar-refractivity contribution >= 4 is 15.9 Å². The average Bonchev–Trinajstić information content (AvgIpc) is 3.24. The number of rotatable bonds is 11. The Kier molecular flexibility index (Phi) is 8.79. The summed E-state index contributed by atoms with van der Waals surface area (Å²) in [5.74, 6) is 0. The number of fused-ring (bicyclic) bond motifs is 1. The smallest absolute Gasteiger partial charge is 0.104 e. The van der Waals surface area contributed by atoms with Crippen LogP contribution in [0.4, 0.5) is 0 Å². The second kappa shape index (κ2) is 12.0. The van der Waals surface area contributed by atoms with E-state index in [1.807, 2.05) is 0 Å². The zero-order valence-corrected chi connectivity index (χ0v) is 22.8. The molecular weight excluding hydrogens is 492 g/mol. The number of hydrogen-bond acceptors (Lipinski definition) is 2. The monoisotopic (exact) mass is 528 g/mol. The Hall–Kier alpha value is -2.44. The molecule has 0 saturated carbocycles. The molecule has 2 aromatic carbocycles. The number of hydrogen-bond donors (Lipinski definition) is 0. The van der Waals surface area contributed by atoms with E-state index >= 15 is 0 Å². The van der Waals surface area contributed by atoms with Gasteiger partial charge in [0, 0.05) is 10.2 Å². The predicted molar refractivity (Wildman–Crippen MR) is 150 cm³/mol. The zero-order valence-electron chi connectivity index (χ0n) is 21.2. The molecule has 3 aromatic rings. The Morgan fingerprint density at radius 2 is 1.60 bits per heavy atom. The molecule has 0 saturated heterocycles. The van der Waals surface area contributed by atoms with Gasteiger partial charge < -0.3 is 0 Å². The fraction of sp³-hybridized carbons (Fsp3) is 0.438. The van der Waals surface area contributed by atoms with Crippen molar-refractivity contribution in [3.05, 3.63) is 87.1 Å². The fourth-order valence-corrected chi connectivity index (χ4v) is 5.87. The van der Waals surface area contributed by atoms with Crippen LogP contribution in [0, 0.1) is 11.3 Å². The molecule has 1 aliphatic rings. The maximum Gasteiger partial charge on any atom is 0.104 e. The average molecular weight is 530 g/mol. The van der Waals surface area contributed by atoms with Gasteiger partial charge in [0.1, 0.15) is 5.41 Å². The summed E-state index contributed by atoms with van der Waals surface area (Å²) in [5.41, 5.74) is 8.35. The first-order valence-electron chi connectivity index (χ1n) is 13.4. The molecule has 35 heavy (non-hydrogen) atoms. The van der Waals surface area contributed by atoms with E-state index in [2.05, 4.69) is 90.4 Å². The number of benzene rings is 2. The number of nitrogens with zero attached hydrogens (tertiary/aromatic N) is 2. The molecule has 1 unspecified atom stereocenters. The van der Waals surface area contributed by atoms with E-state index in [0.29, 0.717) is 6.42 Å². The highest BCUT2D eigenvalue weighted by atomic mass is 79.9. The first-order valence-corrected chi connectivity index (χ1v) is 14.2. The molecule has 0 fully saturated rings. The number of aryl methyl sites for hydroxylation is 1. The molecule has 0 radical (unpaired) electrons. The minimum absolute atomic E-state index is 0.561. The van der Waals surface area contributed by atoms with E-state index in [4.69, 9.17) is 4.98 Å². The van der Waals surface area contributed by atoms with E-state index in [-0.39, 0.29) is 0 Å². The SMILES string of the molecule is CCCCCc1nc2c(c(-c3ccccc3)c1CCCCC)CCC2(C#N)Cc1ccc(Br)cc1. The van der Waals surface area contributed by atoms with Crippen LogP contribution in [0.1, 0.15) is 86.9 Å². The molecule has 0 amide bonds. The molecule has 1 atom stereocenters. The third-order valence-corrected chi connectivity index (χ3v) is 8.01. The summed E-state index contributed by atoms with van der Waals surface area (Å²) in [6.07, 6.45) is 11.8. The van der Waals surface area contributed by atoms with Gasteiger partial charge in [0.05, 0.1) is 11.8 Å². The van der Waals surface area contributed by atoms with Crippen molar-refractivity contribution in [2.45, 2.75) is 89.9 Å². The van der Waals surface area contributed by atoms with E-state index in [9.17, 15) is 5.26 Å². The van der Waals surface area contributed by atoms with Crippen molar-refractivity contribution in [1.29, 1.82) is 5.26 Å². The summed E-state index contributed by atoms with van der Waals surface area (Å²) < 4.78 is 1.07. The van der Waals surface area contributed by atoms with E-state index in [1.165, 1.54) is 65.6 Å². The molecule has 0 bridgehead atoms. The summed E-state index contributed by atoms with van der Waals surface area (Å²) in [5, 5.41) is 10.6. The van der Waals surface area contributed by atoms with Crippen LogP contribution in [0.25, 0.3) is 11.1 Å². The second-order valence-corrected chi connectivity index (χ2v) is 10.9. The lowest BCUT2D eigenvalue weighted by Crippen LogP contribution is -2.26. The molecule has 0 N–H and O–H groups in total. The van der Waals surface area contributed by atoms with Gasteiger partial charge in [0.25, 0.3) is 0 Å². The third-order valence-electron chi connectivity index (χ3n) is 7.48. The van der Waals surface area contributed by atoms with Gasteiger partial charge in [0.2, 0.25) is 0 Å². The van der Waals surface area contributed by atoms with E-state index < -0.39 is 5.41 Å². The van der Waals surface area contributed by atoms with Crippen molar-refractivity contribution in [2.75, 3.05) is 0 Å². The Bertz CT molecular complexity index is 1160. The summed E-state index contributed by atoms with van der Waals surface area (Å²) in [4.78, 5) is 5.40. The predicted octanol–water partition coefficient (Wildman–Crippen LogP) is 8.93. The third kappa shape index (κ3) is 5.70. The Morgan fingerprint density at radius 1 is 0.914 bits per heavy atom. The molecule has 2 nitrogen and oxygen atoms in total. The van der Waals surface area contributed by atoms with Gasteiger partial charge in [-0.1, -0.05) is 97.9 Å². The van der Waals surface area contributed by atoms with Gasteiger partial charge in [-0.15, -0.1) is 0 Å². The van der Waals surface area contributed by atoms with Gasteiger partial charge in [-0.3, -0.25) is 4.98 Å². The highest BCUT2D eigenvalue weighted by molar-refractivity contribution is 9.10. The number of halogens is 1. The summed E-state index contributed by atoms with van der Waals surface area (Å²) >= 11 is 3.55. The second-order valence-electron chi connectivity index (χ2n) is 10.0. The maximum atomic E-state index is 10.6. The van der Waals surface area contributed by atoms with Crippen LogP contribution in [0.3, 0.4) is 0 Å². The summed E-state index contributed by atoms with van der Waals surface area (Å²) in [6.45, 7) is 4.53. The number of pyridine rings is 1. The zero-order chi connectivity index (χ0) is 24.7. The maximum absolute atomic E-state index is 10.6. The Labute approximate surface area is 219 Å². The molecule has 1 heterocycles. The van der Waals surface area contributed by atoms with Crippen molar-refractivity contribution in [3.8, 4) is 17.2 Å². The van der Waals surface area contributed by atoms with Crippen LogP contribution >= 0.6 is 15.9 Å². The Morgan fingerprint density at radius 3 is 2.26 bits per heavy atom. The molecule has 3 heteroatoms. The fourth-order valence-electron chi connectivity index (χ4n) is 5.61. The van der Waals surface area contributed by atoms with Gasteiger partial charge in [-0.05, 0) is 84.9 Å². The largest absolute Gasteiger partial charge is 0.256 e. The number of nitriles is 1. The van der Waals surface area contributed by atoms with Crippen molar-refractivity contribution in [2.24, 2.45) is 0 Å².